The van der Waals surface area contributed by atoms with Crippen LogP contribution in [0.1, 0.15) is 68.4 Å². The first-order valence-corrected chi connectivity index (χ1v) is 10.4. The maximum Gasteiger partial charge on any atom is 0.415 e. The number of primary amides is 1. The van der Waals surface area contributed by atoms with Crippen LogP contribution in [-0.4, -0.2) is 33.1 Å². The quantitative estimate of drug-likeness (QED) is 0.611. The highest BCUT2D eigenvalue weighted by Crippen LogP contribution is 2.37. The molecule has 1 aliphatic rings. The van der Waals surface area contributed by atoms with Crippen LogP contribution in [0.15, 0.2) is 30.5 Å². The minimum absolute atomic E-state index is 0.189. The number of carbonyl (C=O) groups is 1. The van der Waals surface area contributed by atoms with E-state index < -0.39 is 23.6 Å². The van der Waals surface area contributed by atoms with Gasteiger partial charge in [-0.2, -0.15) is 18.3 Å². The van der Waals surface area contributed by atoms with Gasteiger partial charge in [0.05, 0.1) is 6.04 Å². The summed E-state index contributed by atoms with van der Waals surface area (Å²) in [6.07, 6.45) is -1.20. The zero-order chi connectivity index (χ0) is 23.0. The Morgan fingerprint density at radius 2 is 1.84 bits per heavy atom. The van der Waals surface area contributed by atoms with Gasteiger partial charge < -0.3 is 16.2 Å². The molecule has 1 heterocycles. The molecule has 31 heavy (non-hydrogen) atoms. The number of hydrogen-bond acceptors (Lipinski definition) is 4. The summed E-state index contributed by atoms with van der Waals surface area (Å²) < 4.78 is 40.7. The molecule has 1 fully saturated rings. The number of hydrogen-bond donors (Lipinski definition) is 3. The fourth-order valence-electron chi connectivity index (χ4n) is 4.21. The Morgan fingerprint density at radius 3 is 2.39 bits per heavy atom. The van der Waals surface area contributed by atoms with E-state index in [2.05, 4.69) is 17.3 Å². The summed E-state index contributed by atoms with van der Waals surface area (Å²) in [5.41, 5.74) is 5.15. The van der Waals surface area contributed by atoms with Crippen LogP contribution in [-0.2, 0) is 5.41 Å². The molecule has 0 aliphatic heterocycles. The molecule has 3 atom stereocenters. The van der Waals surface area contributed by atoms with Crippen molar-refractivity contribution in [1.82, 2.24) is 9.78 Å². The van der Waals surface area contributed by atoms with E-state index in [9.17, 15) is 23.1 Å². The van der Waals surface area contributed by atoms with Gasteiger partial charge in [-0.25, -0.2) is 0 Å². The molecule has 0 bridgehead atoms. The molecule has 170 valence electrons. The number of aliphatic hydroxyl groups is 1. The maximum atomic E-state index is 13.0. The number of benzene rings is 1. The molecular weight excluding hydrogens is 409 g/mol. The van der Waals surface area contributed by atoms with Crippen LogP contribution in [0.2, 0.25) is 0 Å². The Labute approximate surface area is 179 Å². The third-order valence-electron chi connectivity index (χ3n) is 6.29. The first-order valence-electron chi connectivity index (χ1n) is 10.4. The summed E-state index contributed by atoms with van der Waals surface area (Å²) >= 11 is 0. The Hall–Kier alpha value is -2.55. The van der Waals surface area contributed by atoms with Gasteiger partial charge in [-0.15, -0.1) is 0 Å². The number of alkyl halides is 3. The monoisotopic (exact) mass is 438 g/mol. The van der Waals surface area contributed by atoms with Crippen molar-refractivity contribution in [1.29, 1.82) is 0 Å². The topological polar surface area (TPSA) is 93.2 Å². The lowest BCUT2D eigenvalue weighted by Crippen LogP contribution is -2.44. The van der Waals surface area contributed by atoms with Crippen molar-refractivity contribution < 1.29 is 23.1 Å². The molecule has 0 saturated heterocycles. The van der Waals surface area contributed by atoms with Crippen LogP contribution in [0.25, 0.3) is 0 Å². The fourth-order valence-corrected chi connectivity index (χ4v) is 4.21. The number of rotatable bonds is 6. The first-order chi connectivity index (χ1) is 14.4. The number of anilines is 2. The van der Waals surface area contributed by atoms with Crippen molar-refractivity contribution in [2.75, 3.05) is 5.32 Å². The second-order valence-corrected chi connectivity index (χ2v) is 8.93. The fraction of sp³-hybridized carbons (Fsp3) is 0.545. The van der Waals surface area contributed by atoms with Gasteiger partial charge in [0.25, 0.3) is 5.91 Å². The van der Waals surface area contributed by atoms with Crippen molar-refractivity contribution in [3.63, 3.8) is 0 Å². The highest BCUT2D eigenvalue weighted by molar-refractivity contribution is 5.98. The second kappa shape index (κ2) is 8.53. The van der Waals surface area contributed by atoms with Gasteiger partial charge in [0, 0.05) is 17.3 Å². The smallest absolute Gasteiger partial charge is 0.383 e. The number of halogens is 3. The number of carbonyl (C=O) groups excluding carboxylic acids is 1. The SMILES string of the molecule is C[C@H]1CCCC[C@@H]1n1cc(C(N)=O)c(Nc2ccc(C(C)(C)[C@@H](O)C(F)(F)F)cc2)n1. The number of aliphatic hydroxyl groups excluding tert-OH is 1. The third-order valence-corrected chi connectivity index (χ3v) is 6.29. The molecule has 9 heteroatoms. The van der Waals surface area contributed by atoms with Gasteiger partial charge in [0.2, 0.25) is 0 Å². The molecule has 0 unspecified atom stereocenters. The van der Waals surface area contributed by atoms with Gasteiger partial charge in [-0.05, 0) is 36.5 Å². The summed E-state index contributed by atoms with van der Waals surface area (Å²) in [6, 6.07) is 6.40. The molecule has 1 aromatic carbocycles. The van der Waals surface area contributed by atoms with Crippen LogP contribution in [0.3, 0.4) is 0 Å². The number of nitrogens with two attached hydrogens (primary N) is 1. The molecule has 0 spiro atoms. The second-order valence-electron chi connectivity index (χ2n) is 8.93. The van der Waals surface area contributed by atoms with Crippen molar-refractivity contribution in [2.45, 2.75) is 70.2 Å². The van der Waals surface area contributed by atoms with Crippen LogP contribution < -0.4 is 11.1 Å². The highest BCUT2D eigenvalue weighted by Gasteiger charge is 2.48. The van der Waals surface area contributed by atoms with Crippen molar-refractivity contribution in [3.8, 4) is 0 Å². The van der Waals surface area contributed by atoms with E-state index in [0.29, 0.717) is 23.0 Å². The predicted molar refractivity (Wildman–Crippen MR) is 112 cm³/mol. The Kier molecular flexibility index (Phi) is 6.36. The standard InChI is InChI=1S/C22H29F3N4O2/c1-13-6-4-5-7-17(13)29-12-16(18(26)30)19(28-29)27-15-10-8-14(9-11-15)21(2,3)20(31)22(23,24)25/h8-13,17,20,31H,4-7H2,1-3H3,(H2,26,30)(H,27,28)/t13-,17-,20+/m0/s1. The van der Waals surface area contributed by atoms with Gasteiger partial charge in [0.1, 0.15) is 5.56 Å². The van der Waals surface area contributed by atoms with E-state index in [1.54, 1.807) is 23.0 Å². The summed E-state index contributed by atoms with van der Waals surface area (Å²) in [7, 11) is 0. The summed E-state index contributed by atoms with van der Waals surface area (Å²) in [5.74, 6) is 0.139. The Bertz CT molecular complexity index is 922. The van der Waals surface area contributed by atoms with Crippen molar-refractivity contribution in [3.05, 3.63) is 41.6 Å². The van der Waals surface area contributed by atoms with Crippen LogP contribution in [0.5, 0.6) is 0 Å². The molecular formula is C22H29F3N4O2. The molecule has 6 nitrogen and oxygen atoms in total. The minimum Gasteiger partial charge on any atom is -0.383 e. The Morgan fingerprint density at radius 1 is 1.23 bits per heavy atom. The Balaban J connectivity index is 1.83. The number of aromatic nitrogens is 2. The molecule has 1 aliphatic carbocycles. The summed E-state index contributed by atoms with van der Waals surface area (Å²) in [6.45, 7) is 4.84. The van der Waals surface area contributed by atoms with Crippen LogP contribution in [0.4, 0.5) is 24.7 Å². The lowest BCUT2D eigenvalue weighted by molar-refractivity contribution is -0.221. The molecule has 2 aromatic rings. The summed E-state index contributed by atoms with van der Waals surface area (Å²) in [4.78, 5) is 11.9. The molecule has 1 aromatic heterocycles. The largest absolute Gasteiger partial charge is 0.415 e. The average Bonchev–Trinajstić information content (AvgIpc) is 3.11. The number of nitrogens with one attached hydrogen (secondary N) is 1. The van der Waals surface area contributed by atoms with Crippen LogP contribution >= 0.6 is 0 Å². The predicted octanol–water partition coefficient (Wildman–Crippen LogP) is 4.68. The molecule has 3 rings (SSSR count). The van der Waals surface area contributed by atoms with E-state index in [1.165, 1.54) is 32.4 Å². The zero-order valence-corrected chi connectivity index (χ0v) is 17.9. The highest BCUT2D eigenvalue weighted by atomic mass is 19.4. The van der Waals surface area contributed by atoms with E-state index in [0.717, 1.165) is 19.3 Å². The van der Waals surface area contributed by atoms with Crippen molar-refractivity contribution in [2.24, 2.45) is 11.7 Å². The minimum atomic E-state index is -4.72. The third kappa shape index (κ3) is 4.87. The van der Waals surface area contributed by atoms with Gasteiger partial charge >= 0.3 is 6.18 Å². The lowest BCUT2D eigenvalue weighted by Gasteiger charge is -2.32. The van der Waals surface area contributed by atoms with Gasteiger partial charge in [0.15, 0.2) is 11.9 Å². The zero-order valence-electron chi connectivity index (χ0n) is 17.9. The molecule has 0 radical (unpaired) electrons. The molecule has 1 amide bonds. The van der Waals surface area contributed by atoms with Crippen LogP contribution in [0, 0.1) is 5.92 Å². The van der Waals surface area contributed by atoms with Gasteiger partial charge in [-0.1, -0.05) is 45.7 Å². The van der Waals surface area contributed by atoms with E-state index in [-0.39, 0.29) is 11.6 Å². The van der Waals surface area contributed by atoms with Gasteiger partial charge in [-0.3, -0.25) is 9.48 Å². The lowest BCUT2D eigenvalue weighted by atomic mass is 9.79. The van der Waals surface area contributed by atoms with E-state index >= 15 is 0 Å². The maximum absolute atomic E-state index is 13.0. The number of nitrogens with zero attached hydrogens (tertiary/aromatic N) is 2. The average molecular weight is 438 g/mol. The number of amides is 1. The van der Waals surface area contributed by atoms with Crippen molar-refractivity contribution >= 4 is 17.4 Å². The molecule has 1 saturated carbocycles. The van der Waals surface area contributed by atoms with E-state index in [1.807, 2.05) is 0 Å². The normalized spacial score (nSPS) is 21.0. The molecule has 4 N–H and O–H groups in total. The van der Waals surface area contributed by atoms with E-state index in [4.69, 9.17) is 5.73 Å². The summed E-state index contributed by atoms with van der Waals surface area (Å²) in [5, 5.41) is 17.3. The first kappa shape index (κ1) is 23.1.